The Labute approximate surface area is 167 Å². The molecule has 3 amide bonds. The second-order valence-corrected chi connectivity index (χ2v) is 7.29. The number of hydrogen-bond donors (Lipinski definition) is 1. The minimum atomic E-state index is -1.03. The lowest BCUT2D eigenvalue weighted by molar-refractivity contribution is -0.143. The number of carboxylic acids is 1. The van der Waals surface area contributed by atoms with Gasteiger partial charge in [-0.15, -0.1) is 0 Å². The second-order valence-electron chi connectivity index (χ2n) is 7.29. The highest BCUT2D eigenvalue weighted by molar-refractivity contribution is 6.22. The zero-order valence-electron chi connectivity index (χ0n) is 15.7. The number of carbonyl (C=O) groups excluding carboxylic acids is 3. The lowest BCUT2D eigenvalue weighted by Gasteiger charge is -2.33. The van der Waals surface area contributed by atoms with Crippen LogP contribution in [-0.2, 0) is 11.3 Å². The molecule has 0 aliphatic carbocycles. The maximum atomic E-state index is 12.9. The summed E-state index contributed by atoms with van der Waals surface area (Å²) in [5.74, 6) is -2.30. The molecule has 1 atom stereocenters. The van der Waals surface area contributed by atoms with Gasteiger partial charge in [-0.25, -0.2) is 4.79 Å². The Morgan fingerprint density at radius 1 is 0.966 bits per heavy atom. The Morgan fingerprint density at radius 3 is 2.41 bits per heavy atom. The van der Waals surface area contributed by atoms with Crippen molar-refractivity contribution in [2.75, 3.05) is 6.54 Å². The van der Waals surface area contributed by atoms with E-state index in [0.717, 1.165) is 23.3 Å². The molecular formula is C22H20N2O5. The van der Waals surface area contributed by atoms with Crippen LogP contribution in [0, 0.1) is 0 Å². The number of piperidine rings is 1. The number of likely N-dealkylation sites (tertiary alicyclic amines) is 1. The molecule has 0 radical (unpaired) electrons. The van der Waals surface area contributed by atoms with Crippen LogP contribution in [0.15, 0.2) is 48.5 Å². The Balaban J connectivity index is 1.60. The van der Waals surface area contributed by atoms with E-state index in [-0.39, 0.29) is 23.2 Å². The molecule has 1 saturated heterocycles. The van der Waals surface area contributed by atoms with Crippen LogP contribution in [0.25, 0.3) is 0 Å². The number of nitrogens with zero attached hydrogens (tertiary/aromatic N) is 2. The molecule has 2 aliphatic heterocycles. The summed E-state index contributed by atoms with van der Waals surface area (Å²) in [6.45, 7) is 0.517. The number of hydrogen-bond acceptors (Lipinski definition) is 4. The van der Waals surface area contributed by atoms with Crippen LogP contribution in [0.5, 0.6) is 0 Å². The fourth-order valence-electron chi connectivity index (χ4n) is 3.93. The van der Waals surface area contributed by atoms with Crippen LogP contribution in [-0.4, -0.2) is 51.2 Å². The van der Waals surface area contributed by atoms with Crippen molar-refractivity contribution in [3.05, 3.63) is 70.8 Å². The third kappa shape index (κ3) is 3.40. The smallest absolute Gasteiger partial charge is 0.326 e. The standard InChI is InChI=1S/C22H20N2O5/c25-19(23-11-5-4-8-18(23)22(28)29)15-9-10-16-17(12-15)21(27)24(20(16)26)13-14-6-2-1-3-7-14/h1-3,6-7,9-10,12,18H,4-5,8,11,13H2,(H,28,29)/t18-/m1/s1. The van der Waals surface area contributed by atoms with E-state index in [1.807, 2.05) is 30.3 Å². The van der Waals surface area contributed by atoms with Gasteiger partial charge in [-0.05, 0) is 43.0 Å². The number of carboxylic acid groups (broad SMARTS) is 1. The molecule has 0 aromatic heterocycles. The van der Waals surface area contributed by atoms with Gasteiger partial charge in [0.05, 0.1) is 17.7 Å². The molecule has 0 bridgehead atoms. The van der Waals surface area contributed by atoms with Crippen LogP contribution >= 0.6 is 0 Å². The first-order valence-corrected chi connectivity index (χ1v) is 9.55. The van der Waals surface area contributed by atoms with Crippen LogP contribution in [0.3, 0.4) is 0 Å². The number of rotatable bonds is 4. The van der Waals surface area contributed by atoms with Crippen LogP contribution in [0.4, 0.5) is 0 Å². The molecule has 7 nitrogen and oxygen atoms in total. The van der Waals surface area contributed by atoms with Crippen molar-refractivity contribution in [2.24, 2.45) is 0 Å². The van der Waals surface area contributed by atoms with Crippen molar-refractivity contribution in [1.29, 1.82) is 0 Å². The Hall–Kier alpha value is -3.48. The summed E-state index contributed by atoms with van der Waals surface area (Å²) in [6.07, 6.45) is 1.91. The third-order valence-electron chi connectivity index (χ3n) is 5.45. The number of benzene rings is 2. The molecule has 0 saturated carbocycles. The SMILES string of the molecule is O=C(O)[C@H]1CCCCN1C(=O)c1ccc2c(c1)C(=O)N(Cc1ccccc1)C2=O. The average molecular weight is 392 g/mol. The lowest BCUT2D eigenvalue weighted by atomic mass is 9.99. The van der Waals surface area contributed by atoms with Gasteiger partial charge in [0.1, 0.15) is 6.04 Å². The van der Waals surface area contributed by atoms with Gasteiger partial charge < -0.3 is 10.0 Å². The zero-order chi connectivity index (χ0) is 20.5. The monoisotopic (exact) mass is 392 g/mol. The Morgan fingerprint density at radius 2 is 1.69 bits per heavy atom. The van der Waals surface area contributed by atoms with Crippen LogP contribution in [0.1, 0.15) is 55.9 Å². The highest BCUT2D eigenvalue weighted by atomic mass is 16.4. The number of fused-ring (bicyclic) bond motifs is 1. The molecule has 1 fully saturated rings. The van der Waals surface area contributed by atoms with E-state index >= 15 is 0 Å². The zero-order valence-corrected chi connectivity index (χ0v) is 15.7. The first kappa shape index (κ1) is 18.9. The van der Waals surface area contributed by atoms with Gasteiger partial charge in [-0.1, -0.05) is 30.3 Å². The van der Waals surface area contributed by atoms with Gasteiger partial charge in [-0.3, -0.25) is 19.3 Å². The van der Waals surface area contributed by atoms with Gasteiger partial charge in [0, 0.05) is 12.1 Å². The summed E-state index contributed by atoms with van der Waals surface area (Å²) < 4.78 is 0. The topological polar surface area (TPSA) is 95.0 Å². The number of carbonyl (C=O) groups is 4. The molecule has 148 valence electrons. The average Bonchev–Trinajstić information content (AvgIpc) is 2.98. The quantitative estimate of drug-likeness (QED) is 0.807. The Kier molecular flexibility index (Phi) is 4.88. The van der Waals surface area contributed by atoms with Crippen molar-refractivity contribution in [1.82, 2.24) is 9.80 Å². The van der Waals surface area contributed by atoms with Crippen LogP contribution < -0.4 is 0 Å². The molecule has 7 heteroatoms. The summed E-state index contributed by atoms with van der Waals surface area (Å²) in [4.78, 5) is 52.4. The molecule has 0 spiro atoms. The van der Waals surface area contributed by atoms with Gasteiger partial charge in [0.2, 0.25) is 0 Å². The van der Waals surface area contributed by atoms with E-state index in [2.05, 4.69) is 0 Å². The largest absolute Gasteiger partial charge is 0.480 e. The van der Waals surface area contributed by atoms with Crippen LogP contribution in [0.2, 0.25) is 0 Å². The van der Waals surface area contributed by atoms with Crippen molar-refractivity contribution in [2.45, 2.75) is 31.8 Å². The predicted molar refractivity (Wildman–Crippen MR) is 103 cm³/mol. The predicted octanol–water partition coefficient (Wildman–Crippen LogP) is 2.56. The molecule has 29 heavy (non-hydrogen) atoms. The van der Waals surface area contributed by atoms with E-state index in [0.29, 0.717) is 13.0 Å². The van der Waals surface area contributed by atoms with E-state index in [4.69, 9.17) is 0 Å². The maximum absolute atomic E-state index is 12.9. The second kappa shape index (κ2) is 7.50. The summed E-state index contributed by atoms with van der Waals surface area (Å²) in [5, 5.41) is 9.41. The van der Waals surface area contributed by atoms with Gasteiger partial charge in [-0.2, -0.15) is 0 Å². The van der Waals surface area contributed by atoms with E-state index < -0.39 is 29.7 Å². The first-order valence-electron chi connectivity index (χ1n) is 9.55. The van der Waals surface area contributed by atoms with Crippen molar-refractivity contribution in [3.63, 3.8) is 0 Å². The van der Waals surface area contributed by atoms with E-state index in [1.165, 1.54) is 23.1 Å². The summed E-state index contributed by atoms with van der Waals surface area (Å²) in [6, 6.07) is 12.7. The number of imide groups is 1. The van der Waals surface area contributed by atoms with Gasteiger partial charge in [0.25, 0.3) is 17.7 Å². The lowest BCUT2D eigenvalue weighted by Crippen LogP contribution is -2.48. The third-order valence-corrected chi connectivity index (χ3v) is 5.45. The van der Waals surface area contributed by atoms with Gasteiger partial charge in [0.15, 0.2) is 0 Å². The van der Waals surface area contributed by atoms with E-state index in [9.17, 15) is 24.3 Å². The summed E-state index contributed by atoms with van der Waals surface area (Å²) in [5.41, 5.74) is 1.49. The molecule has 2 heterocycles. The van der Waals surface area contributed by atoms with E-state index in [1.54, 1.807) is 0 Å². The number of amides is 3. The maximum Gasteiger partial charge on any atom is 0.326 e. The van der Waals surface area contributed by atoms with Gasteiger partial charge >= 0.3 is 5.97 Å². The molecule has 1 N–H and O–H groups in total. The minimum Gasteiger partial charge on any atom is -0.480 e. The molecule has 2 aromatic carbocycles. The highest BCUT2D eigenvalue weighted by Gasteiger charge is 2.37. The normalized spacial score (nSPS) is 18.7. The first-order chi connectivity index (χ1) is 14.0. The highest BCUT2D eigenvalue weighted by Crippen LogP contribution is 2.27. The molecule has 4 rings (SSSR count). The minimum absolute atomic E-state index is 0.156. The molecule has 2 aromatic rings. The molecule has 0 unspecified atom stereocenters. The molecular weight excluding hydrogens is 372 g/mol. The summed E-state index contributed by atoms with van der Waals surface area (Å²) in [7, 11) is 0. The summed E-state index contributed by atoms with van der Waals surface area (Å²) >= 11 is 0. The Bertz CT molecular complexity index is 1000. The number of aliphatic carboxylic acids is 1. The fraction of sp³-hybridized carbons (Fsp3) is 0.273. The fourth-order valence-corrected chi connectivity index (χ4v) is 3.93. The van der Waals surface area contributed by atoms with Crippen molar-refractivity contribution >= 4 is 23.7 Å². The molecule has 2 aliphatic rings. The van der Waals surface area contributed by atoms with Crippen molar-refractivity contribution in [3.8, 4) is 0 Å². The van der Waals surface area contributed by atoms with Crippen molar-refractivity contribution < 1.29 is 24.3 Å².